The minimum absolute atomic E-state index is 0.0706. The van der Waals surface area contributed by atoms with Gasteiger partial charge in [-0.15, -0.1) is 16.4 Å². The van der Waals surface area contributed by atoms with E-state index < -0.39 is 5.54 Å². The van der Waals surface area contributed by atoms with Crippen molar-refractivity contribution in [2.45, 2.75) is 56.5 Å². The topological polar surface area (TPSA) is 83.6 Å². The normalized spacial score (nSPS) is 18.8. The number of thiophene rings is 1. The average Bonchev–Trinajstić information content (AvgIpc) is 3.23. The van der Waals surface area contributed by atoms with Crippen molar-refractivity contribution >= 4 is 17.2 Å². The van der Waals surface area contributed by atoms with Gasteiger partial charge in [-0.2, -0.15) is 5.26 Å². The van der Waals surface area contributed by atoms with Crippen molar-refractivity contribution < 1.29 is 4.79 Å². The van der Waals surface area contributed by atoms with Crippen molar-refractivity contribution in [3.05, 3.63) is 59.2 Å². The van der Waals surface area contributed by atoms with E-state index in [0.29, 0.717) is 10.8 Å². The lowest BCUT2D eigenvalue weighted by Gasteiger charge is -2.29. The van der Waals surface area contributed by atoms with Crippen LogP contribution in [0.3, 0.4) is 0 Å². The number of hydrogen-bond acceptors (Lipinski definition) is 5. The standard InChI is InChI=1S/C24H25N5OS/c25-16-24(13-14-24)29-15-19(27-28-29)22(18-9-5-2-6-10-18)26-23(30)21-12-11-20(31-21)17-7-3-1-4-8-17/h1,3-4,7-8,11-12,15,18,22H,2,5-6,9-10,13-14H2,(H,26,30)/t22-/m1/s1. The summed E-state index contributed by atoms with van der Waals surface area (Å²) >= 11 is 1.50. The molecule has 0 saturated heterocycles. The zero-order chi connectivity index (χ0) is 21.3. The molecule has 2 aliphatic carbocycles. The summed E-state index contributed by atoms with van der Waals surface area (Å²) in [5.41, 5.74) is 1.34. The zero-order valence-corrected chi connectivity index (χ0v) is 18.1. The number of benzene rings is 1. The summed E-state index contributed by atoms with van der Waals surface area (Å²) in [5, 5.41) is 21.4. The molecule has 0 unspecified atom stereocenters. The van der Waals surface area contributed by atoms with Gasteiger partial charge in [0.1, 0.15) is 5.69 Å². The predicted molar refractivity (Wildman–Crippen MR) is 119 cm³/mol. The Kier molecular flexibility index (Phi) is 5.33. The number of nitrogens with one attached hydrogen (secondary N) is 1. The molecule has 1 atom stereocenters. The number of carbonyl (C=O) groups is 1. The van der Waals surface area contributed by atoms with Crippen LogP contribution in [0.15, 0.2) is 48.7 Å². The molecule has 6 nitrogen and oxygen atoms in total. The highest BCUT2D eigenvalue weighted by atomic mass is 32.1. The highest BCUT2D eigenvalue weighted by Crippen LogP contribution is 2.43. The van der Waals surface area contributed by atoms with Crippen LogP contribution in [0.4, 0.5) is 0 Å². The third-order valence-electron chi connectivity index (χ3n) is 6.50. The molecule has 0 radical (unpaired) electrons. The molecular formula is C24H25N5OS. The van der Waals surface area contributed by atoms with E-state index in [1.807, 2.05) is 36.5 Å². The van der Waals surface area contributed by atoms with Crippen molar-refractivity contribution in [2.24, 2.45) is 5.92 Å². The predicted octanol–water partition coefficient (Wildman–Crippen LogP) is 5.07. The molecule has 1 aromatic carbocycles. The monoisotopic (exact) mass is 431 g/mol. The lowest BCUT2D eigenvalue weighted by molar-refractivity contribution is 0.0915. The second-order valence-corrected chi connectivity index (χ2v) is 9.69. The van der Waals surface area contributed by atoms with Gasteiger partial charge >= 0.3 is 0 Å². The maximum Gasteiger partial charge on any atom is 0.261 e. The van der Waals surface area contributed by atoms with Crippen LogP contribution in [-0.2, 0) is 5.54 Å². The number of nitrogens with zero attached hydrogens (tertiary/aromatic N) is 4. The number of aromatic nitrogens is 3. The van der Waals surface area contributed by atoms with Crippen molar-refractivity contribution in [1.82, 2.24) is 20.3 Å². The molecule has 2 saturated carbocycles. The van der Waals surface area contributed by atoms with Gasteiger partial charge in [0.05, 0.1) is 23.2 Å². The molecule has 3 aromatic rings. The van der Waals surface area contributed by atoms with E-state index in [1.54, 1.807) is 4.68 Å². The van der Waals surface area contributed by atoms with Crippen molar-refractivity contribution in [3.8, 4) is 16.5 Å². The van der Waals surface area contributed by atoms with Gasteiger partial charge in [-0.25, -0.2) is 4.68 Å². The number of hydrogen-bond donors (Lipinski definition) is 1. The fourth-order valence-corrected chi connectivity index (χ4v) is 5.38. The summed E-state index contributed by atoms with van der Waals surface area (Å²) in [6.07, 6.45) is 9.22. The highest BCUT2D eigenvalue weighted by Gasteiger charge is 2.47. The molecule has 2 aromatic heterocycles. The van der Waals surface area contributed by atoms with Gasteiger partial charge in [0.15, 0.2) is 5.54 Å². The Morgan fingerprint density at radius 3 is 2.65 bits per heavy atom. The van der Waals surface area contributed by atoms with E-state index >= 15 is 0 Å². The number of carbonyl (C=O) groups excluding carboxylic acids is 1. The van der Waals surface area contributed by atoms with Gasteiger partial charge in [-0.1, -0.05) is 54.8 Å². The van der Waals surface area contributed by atoms with Crippen LogP contribution >= 0.6 is 11.3 Å². The molecule has 2 fully saturated rings. The van der Waals surface area contributed by atoms with Gasteiger partial charge in [0.2, 0.25) is 0 Å². The number of nitriles is 1. The molecule has 158 valence electrons. The first-order valence-corrected chi connectivity index (χ1v) is 11.8. The molecular weight excluding hydrogens is 406 g/mol. The van der Waals surface area contributed by atoms with Crippen LogP contribution in [0.1, 0.15) is 66.4 Å². The van der Waals surface area contributed by atoms with Gasteiger partial charge in [-0.05, 0) is 49.3 Å². The Morgan fingerprint density at radius 1 is 1.16 bits per heavy atom. The first kappa shape index (κ1) is 20.0. The van der Waals surface area contributed by atoms with Gasteiger partial charge in [0, 0.05) is 4.88 Å². The quantitative estimate of drug-likeness (QED) is 0.590. The summed E-state index contributed by atoms with van der Waals surface area (Å²) in [4.78, 5) is 15.0. The second-order valence-electron chi connectivity index (χ2n) is 8.61. The first-order valence-electron chi connectivity index (χ1n) is 11.0. The van der Waals surface area contributed by atoms with Crippen molar-refractivity contribution in [1.29, 1.82) is 5.26 Å². The number of amides is 1. The lowest BCUT2D eigenvalue weighted by Crippen LogP contribution is -2.34. The maximum atomic E-state index is 13.2. The molecule has 1 N–H and O–H groups in total. The lowest BCUT2D eigenvalue weighted by atomic mass is 9.82. The Morgan fingerprint density at radius 2 is 1.94 bits per heavy atom. The fraction of sp³-hybridized carbons (Fsp3) is 0.417. The Labute approximate surface area is 185 Å². The Bertz CT molecular complexity index is 1100. The first-order chi connectivity index (χ1) is 15.2. The molecule has 0 spiro atoms. The molecule has 5 rings (SSSR count). The SMILES string of the molecule is N#CC1(n2cc([C@H](NC(=O)c3ccc(-c4ccccc4)s3)C3CCCCC3)nn2)CC1. The largest absolute Gasteiger partial charge is 0.343 e. The van der Waals surface area contributed by atoms with Crippen LogP contribution in [0, 0.1) is 17.2 Å². The third kappa shape index (κ3) is 4.00. The Hall–Kier alpha value is -2.98. The van der Waals surface area contributed by atoms with E-state index in [4.69, 9.17) is 0 Å². The van der Waals surface area contributed by atoms with Crippen LogP contribution < -0.4 is 5.32 Å². The minimum atomic E-state index is -0.537. The highest BCUT2D eigenvalue weighted by molar-refractivity contribution is 7.17. The average molecular weight is 432 g/mol. The van der Waals surface area contributed by atoms with E-state index in [1.165, 1.54) is 30.6 Å². The van der Waals surface area contributed by atoms with Crippen molar-refractivity contribution in [2.75, 3.05) is 0 Å². The summed E-state index contributed by atoms with van der Waals surface area (Å²) in [6.45, 7) is 0. The van der Waals surface area contributed by atoms with Crippen LogP contribution in [0.2, 0.25) is 0 Å². The van der Waals surface area contributed by atoms with Crippen LogP contribution in [-0.4, -0.2) is 20.9 Å². The van der Waals surface area contributed by atoms with Crippen LogP contribution in [0.25, 0.3) is 10.4 Å². The molecule has 2 heterocycles. The van der Waals surface area contributed by atoms with E-state index in [9.17, 15) is 10.1 Å². The smallest absolute Gasteiger partial charge is 0.261 e. The zero-order valence-electron chi connectivity index (χ0n) is 17.3. The molecule has 7 heteroatoms. The van der Waals surface area contributed by atoms with E-state index in [-0.39, 0.29) is 11.9 Å². The molecule has 2 aliphatic rings. The van der Waals surface area contributed by atoms with Gasteiger partial charge < -0.3 is 5.32 Å². The van der Waals surface area contributed by atoms with Gasteiger partial charge in [-0.3, -0.25) is 4.79 Å². The molecule has 1 amide bonds. The molecule has 0 bridgehead atoms. The Balaban J connectivity index is 1.38. The van der Waals surface area contributed by atoms with Crippen molar-refractivity contribution in [3.63, 3.8) is 0 Å². The third-order valence-corrected chi connectivity index (χ3v) is 7.63. The minimum Gasteiger partial charge on any atom is -0.343 e. The summed E-state index contributed by atoms with van der Waals surface area (Å²) < 4.78 is 1.70. The van der Waals surface area contributed by atoms with Gasteiger partial charge in [0.25, 0.3) is 5.91 Å². The summed E-state index contributed by atoms with van der Waals surface area (Å²) in [5.74, 6) is 0.271. The number of rotatable bonds is 6. The second kappa shape index (κ2) is 8.27. The summed E-state index contributed by atoms with van der Waals surface area (Å²) in [7, 11) is 0. The molecule has 0 aliphatic heterocycles. The van der Waals surface area contributed by atoms with E-state index in [0.717, 1.165) is 41.8 Å². The van der Waals surface area contributed by atoms with E-state index in [2.05, 4.69) is 33.8 Å². The fourth-order valence-electron chi connectivity index (χ4n) is 4.47. The van der Waals surface area contributed by atoms with Crippen LogP contribution in [0.5, 0.6) is 0 Å². The maximum absolute atomic E-state index is 13.2. The summed E-state index contributed by atoms with van der Waals surface area (Å²) in [6, 6.07) is 16.2. The molecule has 31 heavy (non-hydrogen) atoms.